The van der Waals surface area contributed by atoms with Gasteiger partial charge in [-0.15, -0.1) is 0 Å². The van der Waals surface area contributed by atoms with E-state index in [1.54, 1.807) is 0 Å². The number of hydrogen-bond donors (Lipinski definition) is 1. The van der Waals surface area contributed by atoms with Crippen LogP contribution in [0.5, 0.6) is 0 Å². The molecular formula is C14H19NO. The molecule has 2 rings (SSSR count). The molecule has 0 atom stereocenters. The average Bonchev–Trinajstić information content (AvgIpc) is 2.65. The summed E-state index contributed by atoms with van der Waals surface area (Å²) in [6.07, 6.45) is 3.25. The predicted octanol–water partition coefficient (Wildman–Crippen LogP) is 3.18. The first-order valence-electron chi connectivity index (χ1n) is 5.90. The molecule has 0 aliphatic rings. The normalized spacial score (nSPS) is 11.5. The standard InChI is InChI=1S/C14H19NO/c1-11(2)7-8-15-9-12(10-16)13-5-3-4-6-14(13)15/h3-6,9,11,16H,7-8,10H2,1-2H3. The number of nitrogens with zero attached hydrogens (tertiary/aromatic N) is 1. The maximum Gasteiger partial charge on any atom is 0.0702 e. The van der Waals surface area contributed by atoms with Crippen LogP contribution >= 0.6 is 0 Å². The molecule has 0 saturated heterocycles. The Balaban J connectivity index is 2.37. The summed E-state index contributed by atoms with van der Waals surface area (Å²) in [6.45, 7) is 5.62. The SMILES string of the molecule is CC(C)CCn1cc(CO)c2ccccc21. The molecule has 1 aromatic carbocycles. The summed E-state index contributed by atoms with van der Waals surface area (Å²) >= 11 is 0. The van der Waals surface area contributed by atoms with Crippen molar-refractivity contribution >= 4 is 10.9 Å². The molecular weight excluding hydrogens is 198 g/mol. The van der Waals surface area contributed by atoms with Crippen LogP contribution < -0.4 is 0 Å². The largest absolute Gasteiger partial charge is 0.392 e. The summed E-state index contributed by atoms with van der Waals surface area (Å²) in [5.41, 5.74) is 2.26. The lowest BCUT2D eigenvalue weighted by molar-refractivity contribution is 0.283. The molecule has 1 N–H and O–H groups in total. The zero-order valence-electron chi connectivity index (χ0n) is 9.98. The Morgan fingerprint density at radius 3 is 2.69 bits per heavy atom. The molecule has 16 heavy (non-hydrogen) atoms. The highest BCUT2D eigenvalue weighted by atomic mass is 16.3. The van der Waals surface area contributed by atoms with Crippen LogP contribution in [-0.4, -0.2) is 9.67 Å². The van der Waals surface area contributed by atoms with Gasteiger partial charge in [0.1, 0.15) is 0 Å². The van der Waals surface area contributed by atoms with E-state index in [0.717, 1.165) is 12.1 Å². The molecule has 86 valence electrons. The molecule has 1 heterocycles. The summed E-state index contributed by atoms with van der Waals surface area (Å²) < 4.78 is 2.25. The minimum absolute atomic E-state index is 0.120. The third kappa shape index (κ3) is 2.12. The van der Waals surface area contributed by atoms with E-state index in [-0.39, 0.29) is 6.61 Å². The molecule has 0 spiro atoms. The van der Waals surface area contributed by atoms with Crippen molar-refractivity contribution in [1.29, 1.82) is 0 Å². The van der Waals surface area contributed by atoms with E-state index in [0.29, 0.717) is 5.92 Å². The van der Waals surface area contributed by atoms with Crippen molar-refractivity contribution in [1.82, 2.24) is 4.57 Å². The van der Waals surface area contributed by atoms with E-state index in [9.17, 15) is 5.11 Å². The lowest BCUT2D eigenvalue weighted by Crippen LogP contribution is -1.99. The van der Waals surface area contributed by atoms with Gasteiger partial charge >= 0.3 is 0 Å². The fraction of sp³-hybridized carbons (Fsp3) is 0.429. The Bertz CT molecular complexity index is 471. The van der Waals surface area contributed by atoms with Gasteiger partial charge in [-0.25, -0.2) is 0 Å². The molecule has 0 saturated carbocycles. The van der Waals surface area contributed by atoms with Crippen LogP contribution in [0.4, 0.5) is 0 Å². The Kier molecular flexibility index (Phi) is 3.30. The third-order valence-corrected chi connectivity index (χ3v) is 2.99. The van der Waals surface area contributed by atoms with Crippen molar-refractivity contribution in [3.8, 4) is 0 Å². The summed E-state index contributed by atoms with van der Waals surface area (Å²) in [7, 11) is 0. The van der Waals surface area contributed by atoms with Crippen molar-refractivity contribution < 1.29 is 5.11 Å². The highest BCUT2D eigenvalue weighted by Gasteiger charge is 2.07. The maximum atomic E-state index is 9.31. The van der Waals surface area contributed by atoms with Crippen LogP contribution in [0.1, 0.15) is 25.8 Å². The summed E-state index contributed by atoms with van der Waals surface area (Å²) in [5, 5.41) is 10.5. The maximum absolute atomic E-state index is 9.31. The van der Waals surface area contributed by atoms with Crippen molar-refractivity contribution in [2.75, 3.05) is 0 Å². The Hall–Kier alpha value is -1.28. The van der Waals surface area contributed by atoms with E-state index in [1.807, 2.05) is 6.07 Å². The molecule has 0 aliphatic heterocycles. The van der Waals surface area contributed by atoms with Crippen LogP contribution in [0.15, 0.2) is 30.5 Å². The fourth-order valence-electron chi connectivity index (χ4n) is 2.03. The first-order chi connectivity index (χ1) is 7.72. The molecule has 0 amide bonds. The van der Waals surface area contributed by atoms with Crippen LogP contribution in [0.2, 0.25) is 0 Å². The van der Waals surface area contributed by atoms with E-state index in [2.05, 4.69) is 42.8 Å². The second-order valence-corrected chi connectivity index (χ2v) is 4.71. The zero-order valence-corrected chi connectivity index (χ0v) is 9.98. The van der Waals surface area contributed by atoms with E-state index < -0.39 is 0 Å². The number of fused-ring (bicyclic) bond motifs is 1. The minimum atomic E-state index is 0.120. The molecule has 0 unspecified atom stereocenters. The average molecular weight is 217 g/mol. The number of para-hydroxylation sites is 1. The molecule has 2 heteroatoms. The smallest absolute Gasteiger partial charge is 0.0702 e. The topological polar surface area (TPSA) is 25.2 Å². The molecule has 0 fully saturated rings. The zero-order chi connectivity index (χ0) is 11.5. The second-order valence-electron chi connectivity index (χ2n) is 4.71. The van der Waals surface area contributed by atoms with Gasteiger partial charge in [0.15, 0.2) is 0 Å². The highest BCUT2D eigenvalue weighted by Crippen LogP contribution is 2.22. The van der Waals surface area contributed by atoms with Crippen LogP contribution in [0.3, 0.4) is 0 Å². The molecule has 2 nitrogen and oxygen atoms in total. The number of aliphatic hydroxyl groups is 1. The van der Waals surface area contributed by atoms with Gasteiger partial charge in [0.05, 0.1) is 6.61 Å². The molecule has 0 radical (unpaired) electrons. The van der Waals surface area contributed by atoms with Gasteiger partial charge in [-0.2, -0.15) is 0 Å². The number of aromatic nitrogens is 1. The van der Waals surface area contributed by atoms with Gasteiger partial charge in [-0.1, -0.05) is 32.0 Å². The Morgan fingerprint density at radius 2 is 2.00 bits per heavy atom. The van der Waals surface area contributed by atoms with Crippen molar-refractivity contribution in [2.45, 2.75) is 33.4 Å². The molecule has 0 bridgehead atoms. The fourth-order valence-corrected chi connectivity index (χ4v) is 2.03. The number of benzene rings is 1. The van der Waals surface area contributed by atoms with E-state index in [1.165, 1.54) is 17.3 Å². The van der Waals surface area contributed by atoms with Gasteiger partial charge < -0.3 is 9.67 Å². The first-order valence-corrected chi connectivity index (χ1v) is 5.90. The van der Waals surface area contributed by atoms with Crippen molar-refractivity contribution in [2.24, 2.45) is 5.92 Å². The second kappa shape index (κ2) is 4.71. The van der Waals surface area contributed by atoms with Crippen LogP contribution in [0, 0.1) is 5.92 Å². The summed E-state index contributed by atoms with van der Waals surface area (Å²) in [6, 6.07) is 8.27. The predicted molar refractivity (Wildman–Crippen MR) is 67.3 cm³/mol. The number of rotatable bonds is 4. The summed E-state index contributed by atoms with van der Waals surface area (Å²) in [4.78, 5) is 0. The van der Waals surface area contributed by atoms with Gasteiger partial charge in [-0.3, -0.25) is 0 Å². The van der Waals surface area contributed by atoms with Gasteiger partial charge in [-0.05, 0) is 18.4 Å². The molecule has 1 aromatic heterocycles. The molecule has 2 aromatic rings. The molecule has 0 aliphatic carbocycles. The van der Waals surface area contributed by atoms with Gasteiger partial charge in [0, 0.05) is 29.2 Å². The van der Waals surface area contributed by atoms with Gasteiger partial charge in [0.2, 0.25) is 0 Å². The van der Waals surface area contributed by atoms with Crippen molar-refractivity contribution in [3.05, 3.63) is 36.0 Å². The van der Waals surface area contributed by atoms with Crippen LogP contribution in [0.25, 0.3) is 10.9 Å². The Morgan fingerprint density at radius 1 is 1.25 bits per heavy atom. The number of hydrogen-bond acceptors (Lipinski definition) is 1. The monoisotopic (exact) mass is 217 g/mol. The quantitative estimate of drug-likeness (QED) is 0.836. The van der Waals surface area contributed by atoms with Gasteiger partial charge in [0.25, 0.3) is 0 Å². The van der Waals surface area contributed by atoms with Crippen molar-refractivity contribution in [3.63, 3.8) is 0 Å². The first kappa shape index (κ1) is 11.2. The van der Waals surface area contributed by atoms with Crippen LogP contribution in [-0.2, 0) is 13.2 Å². The lowest BCUT2D eigenvalue weighted by atomic mass is 10.1. The van der Waals surface area contributed by atoms with E-state index >= 15 is 0 Å². The minimum Gasteiger partial charge on any atom is -0.392 e. The number of aryl methyl sites for hydroxylation is 1. The third-order valence-electron chi connectivity index (χ3n) is 2.99. The highest BCUT2D eigenvalue weighted by molar-refractivity contribution is 5.83. The summed E-state index contributed by atoms with van der Waals surface area (Å²) in [5.74, 6) is 0.707. The lowest BCUT2D eigenvalue weighted by Gasteiger charge is -2.07. The number of aliphatic hydroxyl groups excluding tert-OH is 1. The Labute approximate surface area is 96.5 Å². The van der Waals surface area contributed by atoms with E-state index in [4.69, 9.17) is 0 Å².